The molecule has 2 rings (SSSR count). The van der Waals surface area contributed by atoms with Crippen molar-refractivity contribution in [3.8, 4) is 0 Å². The number of benzene rings is 1. The smallest absolute Gasteiger partial charge is 0.0971 e. The zero-order valence-corrected chi connectivity index (χ0v) is 11.6. The van der Waals surface area contributed by atoms with Crippen LogP contribution in [0.5, 0.6) is 0 Å². The molecule has 0 aromatic heterocycles. The summed E-state index contributed by atoms with van der Waals surface area (Å²) in [6.45, 7) is 5.58. The minimum atomic E-state index is 0.481. The summed E-state index contributed by atoms with van der Waals surface area (Å²) >= 11 is 0. The molecule has 0 saturated heterocycles. The molecule has 2 nitrogen and oxygen atoms in total. The molecule has 0 heterocycles. The van der Waals surface area contributed by atoms with Crippen LogP contribution in [0.3, 0.4) is 0 Å². The van der Waals surface area contributed by atoms with Crippen molar-refractivity contribution < 1.29 is 4.74 Å². The Morgan fingerprint density at radius 1 is 1.17 bits per heavy atom. The van der Waals surface area contributed by atoms with Crippen molar-refractivity contribution in [2.24, 2.45) is 0 Å². The van der Waals surface area contributed by atoms with Crippen LogP contribution in [-0.2, 0) is 11.3 Å². The zero-order chi connectivity index (χ0) is 12.8. The van der Waals surface area contributed by atoms with Gasteiger partial charge >= 0.3 is 0 Å². The largest absolute Gasteiger partial charge is 0.362 e. The summed E-state index contributed by atoms with van der Waals surface area (Å²) in [4.78, 5) is 0. The van der Waals surface area contributed by atoms with Crippen LogP contribution in [-0.4, -0.2) is 12.8 Å². The van der Waals surface area contributed by atoms with E-state index in [0.29, 0.717) is 19.4 Å². The Bertz CT molecular complexity index is 339. The Kier molecular flexibility index (Phi) is 5.21. The fourth-order valence-electron chi connectivity index (χ4n) is 2.54. The Balaban J connectivity index is 1.76. The maximum absolute atomic E-state index is 5.58. The highest BCUT2D eigenvalue weighted by atomic mass is 16.5. The van der Waals surface area contributed by atoms with Gasteiger partial charge in [-0.05, 0) is 43.7 Å². The lowest BCUT2D eigenvalue weighted by Crippen LogP contribution is -2.25. The standard InChI is InChI=1S/C16H25NO/c1-13(2)17-12-18-11-14-7-9-16(10-8-14)15-5-3-4-6-15/h7-10,13,15,17H,3-6,11-12H2,1-2H3. The molecule has 18 heavy (non-hydrogen) atoms. The average molecular weight is 247 g/mol. The van der Waals surface area contributed by atoms with E-state index < -0.39 is 0 Å². The fourth-order valence-corrected chi connectivity index (χ4v) is 2.54. The van der Waals surface area contributed by atoms with Crippen LogP contribution in [0.15, 0.2) is 24.3 Å². The fraction of sp³-hybridized carbons (Fsp3) is 0.625. The molecule has 100 valence electrons. The van der Waals surface area contributed by atoms with Crippen molar-refractivity contribution in [2.75, 3.05) is 6.73 Å². The lowest BCUT2D eigenvalue weighted by molar-refractivity contribution is 0.0982. The number of hydrogen-bond acceptors (Lipinski definition) is 2. The summed E-state index contributed by atoms with van der Waals surface area (Å²) in [6.07, 6.45) is 5.54. The van der Waals surface area contributed by atoms with Crippen molar-refractivity contribution in [3.05, 3.63) is 35.4 Å². The van der Waals surface area contributed by atoms with Crippen LogP contribution < -0.4 is 5.32 Å². The summed E-state index contributed by atoms with van der Waals surface area (Å²) in [6, 6.07) is 9.47. The highest BCUT2D eigenvalue weighted by molar-refractivity contribution is 5.25. The molecule has 1 aliphatic rings. The van der Waals surface area contributed by atoms with Crippen LogP contribution in [0.25, 0.3) is 0 Å². The van der Waals surface area contributed by atoms with E-state index >= 15 is 0 Å². The predicted octanol–water partition coefficient (Wildman–Crippen LogP) is 3.82. The second kappa shape index (κ2) is 6.91. The van der Waals surface area contributed by atoms with Gasteiger partial charge in [-0.1, -0.05) is 37.1 Å². The topological polar surface area (TPSA) is 21.3 Å². The lowest BCUT2D eigenvalue weighted by atomic mass is 9.97. The van der Waals surface area contributed by atoms with E-state index in [1.165, 1.54) is 36.8 Å². The Morgan fingerprint density at radius 3 is 2.44 bits per heavy atom. The summed E-state index contributed by atoms with van der Waals surface area (Å²) in [5, 5.41) is 3.25. The maximum Gasteiger partial charge on any atom is 0.0971 e. The molecular formula is C16H25NO. The number of rotatable bonds is 6. The van der Waals surface area contributed by atoms with Gasteiger partial charge in [0.15, 0.2) is 0 Å². The Morgan fingerprint density at radius 2 is 1.83 bits per heavy atom. The van der Waals surface area contributed by atoms with Gasteiger partial charge in [0.1, 0.15) is 0 Å². The molecule has 0 atom stereocenters. The third-order valence-corrected chi connectivity index (χ3v) is 3.67. The van der Waals surface area contributed by atoms with Gasteiger partial charge < -0.3 is 4.74 Å². The second-order valence-corrected chi connectivity index (χ2v) is 5.57. The molecule has 0 radical (unpaired) electrons. The van der Waals surface area contributed by atoms with Gasteiger partial charge in [-0.15, -0.1) is 0 Å². The summed E-state index contributed by atoms with van der Waals surface area (Å²) < 4.78 is 5.58. The van der Waals surface area contributed by atoms with Crippen molar-refractivity contribution >= 4 is 0 Å². The summed E-state index contributed by atoms with van der Waals surface area (Å²) in [5.74, 6) is 0.808. The molecule has 0 spiro atoms. The molecule has 2 heteroatoms. The Labute approximate surface area is 111 Å². The van der Waals surface area contributed by atoms with E-state index in [2.05, 4.69) is 43.4 Å². The van der Waals surface area contributed by atoms with Crippen LogP contribution in [0.2, 0.25) is 0 Å². The molecule has 0 amide bonds. The van der Waals surface area contributed by atoms with Gasteiger partial charge in [0.05, 0.1) is 13.3 Å². The molecule has 1 fully saturated rings. The Hall–Kier alpha value is -0.860. The van der Waals surface area contributed by atoms with Gasteiger partial charge in [-0.3, -0.25) is 5.32 Å². The molecule has 1 aromatic rings. The summed E-state index contributed by atoms with van der Waals surface area (Å²) in [5.41, 5.74) is 2.78. The minimum Gasteiger partial charge on any atom is -0.362 e. The van der Waals surface area contributed by atoms with E-state index in [0.717, 1.165) is 5.92 Å². The van der Waals surface area contributed by atoms with Crippen molar-refractivity contribution in [1.29, 1.82) is 0 Å². The van der Waals surface area contributed by atoms with Crippen LogP contribution in [0.4, 0.5) is 0 Å². The lowest BCUT2D eigenvalue weighted by Gasteiger charge is -2.11. The van der Waals surface area contributed by atoms with Gasteiger partial charge in [-0.2, -0.15) is 0 Å². The van der Waals surface area contributed by atoms with Gasteiger partial charge in [0.2, 0.25) is 0 Å². The average Bonchev–Trinajstić information content (AvgIpc) is 2.89. The van der Waals surface area contributed by atoms with Crippen LogP contribution >= 0.6 is 0 Å². The predicted molar refractivity (Wildman–Crippen MR) is 75.6 cm³/mol. The van der Waals surface area contributed by atoms with Crippen molar-refractivity contribution in [1.82, 2.24) is 5.32 Å². The molecule has 1 aromatic carbocycles. The first-order chi connectivity index (χ1) is 8.75. The van der Waals surface area contributed by atoms with E-state index in [-0.39, 0.29) is 0 Å². The number of nitrogens with one attached hydrogen (secondary N) is 1. The van der Waals surface area contributed by atoms with Gasteiger partial charge in [0, 0.05) is 6.04 Å². The molecular weight excluding hydrogens is 222 g/mol. The minimum absolute atomic E-state index is 0.481. The van der Waals surface area contributed by atoms with Gasteiger partial charge in [-0.25, -0.2) is 0 Å². The second-order valence-electron chi connectivity index (χ2n) is 5.57. The SMILES string of the molecule is CC(C)NCOCc1ccc(C2CCCC2)cc1. The van der Waals surface area contributed by atoms with Gasteiger partial charge in [0.25, 0.3) is 0 Å². The normalized spacial score (nSPS) is 16.6. The number of hydrogen-bond donors (Lipinski definition) is 1. The molecule has 0 aliphatic heterocycles. The third-order valence-electron chi connectivity index (χ3n) is 3.67. The monoisotopic (exact) mass is 247 g/mol. The maximum atomic E-state index is 5.58. The highest BCUT2D eigenvalue weighted by Crippen LogP contribution is 2.33. The van der Waals surface area contributed by atoms with E-state index in [1.54, 1.807) is 0 Å². The number of ether oxygens (including phenoxy) is 1. The van der Waals surface area contributed by atoms with E-state index in [9.17, 15) is 0 Å². The van der Waals surface area contributed by atoms with Crippen molar-refractivity contribution in [3.63, 3.8) is 0 Å². The molecule has 0 unspecified atom stereocenters. The summed E-state index contributed by atoms with van der Waals surface area (Å²) in [7, 11) is 0. The zero-order valence-electron chi connectivity index (χ0n) is 11.6. The third kappa shape index (κ3) is 4.11. The first-order valence-corrected chi connectivity index (χ1v) is 7.15. The first kappa shape index (κ1) is 13.6. The van der Waals surface area contributed by atoms with Crippen LogP contribution in [0.1, 0.15) is 56.6 Å². The molecule has 1 aliphatic carbocycles. The molecule has 0 bridgehead atoms. The highest BCUT2D eigenvalue weighted by Gasteiger charge is 2.16. The first-order valence-electron chi connectivity index (χ1n) is 7.15. The molecule has 1 saturated carbocycles. The van der Waals surface area contributed by atoms with E-state index in [1.807, 2.05) is 0 Å². The van der Waals surface area contributed by atoms with E-state index in [4.69, 9.17) is 4.74 Å². The molecule has 1 N–H and O–H groups in total. The quantitative estimate of drug-likeness (QED) is 0.609. The van der Waals surface area contributed by atoms with Crippen LogP contribution in [0, 0.1) is 0 Å². The van der Waals surface area contributed by atoms with Crippen molar-refractivity contribution in [2.45, 2.75) is 58.1 Å².